The highest BCUT2D eigenvalue weighted by atomic mass is 16.5. The third-order valence-corrected chi connectivity index (χ3v) is 3.59. The van der Waals surface area contributed by atoms with Gasteiger partial charge >= 0.3 is 0 Å². The maximum atomic E-state index is 5.43. The normalized spacial score (nSPS) is 10.2. The van der Waals surface area contributed by atoms with E-state index in [0.29, 0.717) is 12.4 Å². The molecule has 0 bridgehead atoms. The zero-order chi connectivity index (χ0) is 16.8. The summed E-state index contributed by atoms with van der Waals surface area (Å²) in [6.45, 7) is 0.559. The van der Waals surface area contributed by atoms with Crippen molar-refractivity contribution in [2.45, 2.75) is 6.54 Å². The summed E-state index contributed by atoms with van der Waals surface area (Å²) in [6.07, 6.45) is 6.81. The summed E-state index contributed by atoms with van der Waals surface area (Å²) in [5, 5.41) is 3.33. The number of methoxy groups -OCH3 is 2. The van der Waals surface area contributed by atoms with E-state index < -0.39 is 0 Å². The number of aromatic nitrogens is 3. The van der Waals surface area contributed by atoms with Crippen LogP contribution in [0.4, 0.5) is 5.82 Å². The smallest absolute Gasteiger partial charge is 0.152 e. The van der Waals surface area contributed by atoms with Crippen LogP contribution in [0.25, 0.3) is 11.3 Å². The number of rotatable bonds is 6. The van der Waals surface area contributed by atoms with Gasteiger partial charge in [0.2, 0.25) is 0 Å². The minimum Gasteiger partial charge on any atom is -0.497 e. The molecule has 3 aromatic rings. The minimum atomic E-state index is 0.559. The number of pyridine rings is 1. The quantitative estimate of drug-likeness (QED) is 0.752. The van der Waals surface area contributed by atoms with E-state index in [0.717, 1.165) is 28.3 Å². The third kappa shape index (κ3) is 3.43. The topological polar surface area (TPSA) is 69.2 Å². The molecule has 0 aliphatic heterocycles. The molecular formula is C18H18N4O2. The Labute approximate surface area is 140 Å². The van der Waals surface area contributed by atoms with Crippen molar-refractivity contribution in [3.8, 4) is 22.8 Å². The molecule has 0 atom stereocenters. The summed E-state index contributed by atoms with van der Waals surface area (Å²) in [4.78, 5) is 12.9. The van der Waals surface area contributed by atoms with E-state index >= 15 is 0 Å². The van der Waals surface area contributed by atoms with Crippen LogP contribution >= 0.6 is 0 Å². The first-order chi connectivity index (χ1) is 11.8. The molecular weight excluding hydrogens is 304 g/mol. The summed E-state index contributed by atoms with van der Waals surface area (Å²) in [7, 11) is 3.27. The number of hydrogen-bond donors (Lipinski definition) is 1. The van der Waals surface area contributed by atoms with E-state index in [1.807, 2.05) is 30.3 Å². The Bertz CT molecular complexity index is 809. The maximum absolute atomic E-state index is 5.43. The lowest BCUT2D eigenvalue weighted by Gasteiger charge is -2.13. The summed E-state index contributed by atoms with van der Waals surface area (Å²) in [6, 6.07) is 9.54. The van der Waals surface area contributed by atoms with E-state index in [4.69, 9.17) is 9.47 Å². The Kier molecular flexibility index (Phi) is 4.86. The van der Waals surface area contributed by atoms with Gasteiger partial charge in [-0.1, -0.05) is 0 Å². The first-order valence-corrected chi connectivity index (χ1v) is 7.48. The van der Waals surface area contributed by atoms with Gasteiger partial charge < -0.3 is 14.8 Å². The zero-order valence-corrected chi connectivity index (χ0v) is 13.6. The van der Waals surface area contributed by atoms with Crippen LogP contribution in [0.3, 0.4) is 0 Å². The number of ether oxygens (including phenoxy) is 2. The molecule has 24 heavy (non-hydrogen) atoms. The van der Waals surface area contributed by atoms with Crippen LogP contribution in [0.2, 0.25) is 0 Å². The molecule has 3 rings (SSSR count). The second-order valence-electron chi connectivity index (χ2n) is 5.02. The second-order valence-corrected chi connectivity index (χ2v) is 5.02. The van der Waals surface area contributed by atoms with E-state index in [2.05, 4.69) is 20.3 Å². The largest absolute Gasteiger partial charge is 0.497 e. The van der Waals surface area contributed by atoms with Crippen molar-refractivity contribution in [2.75, 3.05) is 19.5 Å². The first kappa shape index (κ1) is 15.7. The number of nitrogens with zero attached hydrogens (tertiary/aromatic N) is 3. The number of nitrogens with one attached hydrogen (secondary N) is 1. The number of benzene rings is 1. The second kappa shape index (κ2) is 7.41. The van der Waals surface area contributed by atoms with Crippen molar-refractivity contribution in [2.24, 2.45) is 0 Å². The number of anilines is 1. The average molecular weight is 322 g/mol. The molecule has 2 heterocycles. The predicted molar refractivity (Wildman–Crippen MR) is 92.1 cm³/mol. The fourth-order valence-corrected chi connectivity index (χ4v) is 2.37. The molecule has 0 aliphatic carbocycles. The van der Waals surface area contributed by atoms with Crippen LogP contribution in [0.15, 0.2) is 55.1 Å². The molecule has 0 amide bonds. The van der Waals surface area contributed by atoms with E-state index in [9.17, 15) is 0 Å². The van der Waals surface area contributed by atoms with Crippen LogP contribution in [0.1, 0.15) is 5.56 Å². The molecule has 122 valence electrons. The van der Waals surface area contributed by atoms with E-state index in [-0.39, 0.29) is 0 Å². The highest BCUT2D eigenvalue weighted by molar-refractivity contribution is 5.70. The lowest BCUT2D eigenvalue weighted by molar-refractivity contribution is 0.391. The molecule has 1 N–H and O–H groups in total. The molecule has 0 saturated carbocycles. The lowest BCUT2D eigenvalue weighted by atomic mass is 10.1. The monoisotopic (exact) mass is 322 g/mol. The standard InChI is InChI=1S/C18H18N4O2/c1-23-15-4-3-14(16(11-15)24-2)12-22-18-17(20-9-10-21-18)13-5-7-19-8-6-13/h3-11H,12H2,1-2H3,(H,21,22). The van der Waals surface area contributed by atoms with Gasteiger partial charge in [-0.2, -0.15) is 0 Å². The van der Waals surface area contributed by atoms with Crippen LogP contribution in [0.5, 0.6) is 11.5 Å². The molecule has 6 nitrogen and oxygen atoms in total. The molecule has 6 heteroatoms. The summed E-state index contributed by atoms with van der Waals surface area (Å²) in [5.41, 5.74) is 2.75. The van der Waals surface area contributed by atoms with Gasteiger partial charge in [-0.3, -0.25) is 9.97 Å². The van der Waals surface area contributed by atoms with Crippen molar-refractivity contribution < 1.29 is 9.47 Å². The molecule has 0 aliphatic rings. The molecule has 0 unspecified atom stereocenters. The fraction of sp³-hybridized carbons (Fsp3) is 0.167. The van der Waals surface area contributed by atoms with Gasteiger partial charge in [-0.25, -0.2) is 4.98 Å². The molecule has 1 aromatic carbocycles. The van der Waals surface area contributed by atoms with Crippen molar-refractivity contribution >= 4 is 5.82 Å². The minimum absolute atomic E-state index is 0.559. The van der Waals surface area contributed by atoms with Crippen LogP contribution in [-0.4, -0.2) is 29.2 Å². The van der Waals surface area contributed by atoms with Gasteiger partial charge in [0.1, 0.15) is 17.2 Å². The predicted octanol–water partition coefficient (Wildman–Crippen LogP) is 3.17. The Morgan fingerprint density at radius 2 is 1.71 bits per heavy atom. The van der Waals surface area contributed by atoms with Gasteiger partial charge in [0.05, 0.1) is 14.2 Å². The Balaban J connectivity index is 1.83. The maximum Gasteiger partial charge on any atom is 0.152 e. The van der Waals surface area contributed by atoms with Crippen molar-refractivity contribution in [3.63, 3.8) is 0 Å². The molecule has 0 saturated heterocycles. The summed E-state index contributed by atoms with van der Waals surface area (Å²) in [5.74, 6) is 2.23. The molecule has 0 fully saturated rings. The van der Waals surface area contributed by atoms with Gasteiger partial charge in [0.15, 0.2) is 5.82 Å². The zero-order valence-electron chi connectivity index (χ0n) is 13.6. The number of hydrogen-bond acceptors (Lipinski definition) is 6. The molecule has 0 spiro atoms. The van der Waals surface area contributed by atoms with Crippen LogP contribution in [0, 0.1) is 0 Å². The van der Waals surface area contributed by atoms with Gasteiger partial charge in [0.25, 0.3) is 0 Å². The molecule has 2 aromatic heterocycles. The van der Waals surface area contributed by atoms with Crippen LogP contribution < -0.4 is 14.8 Å². The Hall–Kier alpha value is -3.15. The third-order valence-electron chi connectivity index (χ3n) is 3.59. The summed E-state index contributed by atoms with van der Waals surface area (Å²) >= 11 is 0. The Morgan fingerprint density at radius 1 is 0.917 bits per heavy atom. The molecule has 0 radical (unpaired) electrons. The van der Waals surface area contributed by atoms with Gasteiger partial charge in [-0.15, -0.1) is 0 Å². The van der Waals surface area contributed by atoms with Gasteiger partial charge in [0, 0.05) is 48.5 Å². The van der Waals surface area contributed by atoms with Crippen LogP contribution in [-0.2, 0) is 6.54 Å². The van der Waals surface area contributed by atoms with E-state index in [1.165, 1.54) is 0 Å². The highest BCUT2D eigenvalue weighted by Crippen LogP contribution is 2.27. The SMILES string of the molecule is COc1ccc(CNc2nccnc2-c2ccncc2)c(OC)c1. The lowest BCUT2D eigenvalue weighted by Crippen LogP contribution is -2.05. The Morgan fingerprint density at radius 3 is 2.46 bits per heavy atom. The average Bonchev–Trinajstić information content (AvgIpc) is 2.67. The van der Waals surface area contributed by atoms with E-state index in [1.54, 1.807) is 39.0 Å². The van der Waals surface area contributed by atoms with Crippen molar-refractivity contribution in [1.29, 1.82) is 0 Å². The highest BCUT2D eigenvalue weighted by Gasteiger charge is 2.10. The first-order valence-electron chi connectivity index (χ1n) is 7.48. The summed E-state index contributed by atoms with van der Waals surface area (Å²) < 4.78 is 10.6. The van der Waals surface area contributed by atoms with Crippen molar-refractivity contribution in [1.82, 2.24) is 15.0 Å². The van der Waals surface area contributed by atoms with Gasteiger partial charge in [-0.05, 0) is 24.3 Å². The fourth-order valence-electron chi connectivity index (χ4n) is 2.37. The van der Waals surface area contributed by atoms with Crippen molar-refractivity contribution in [3.05, 3.63) is 60.7 Å².